The molecule has 3 heteroatoms. The van der Waals surface area contributed by atoms with Crippen LogP contribution in [-0.4, -0.2) is 24.5 Å². The minimum absolute atomic E-state index is 0.178. The number of aliphatic hydroxyl groups is 1. The molecule has 126 valence electrons. The number of aryl methyl sites for hydroxylation is 1. The zero-order chi connectivity index (χ0) is 17.4. The Labute approximate surface area is 149 Å². The summed E-state index contributed by atoms with van der Waals surface area (Å²) in [6.07, 6.45) is 2.67. The molecule has 2 atom stereocenters. The summed E-state index contributed by atoms with van der Waals surface area (Å²) in [7, 11) is 0. The normalized spacial score (nSPS) is 13.6. The van der Waals surface area contributed by atoms with Crippen LogP contribution in [0.2, 0.25) is 4.82 Å². The molecule has 2 rings (SSSR count). The summed E-state index contributed by atoms with van der Waals surface area (Å²) in [4.78, 5) is -0.178. The van der Waals surface area contributed by atoms with Crippen LogP contribution in [0.25, 0.3) is 0 Å². The molecule has 0 spiro atoms. The van der Waals surface area contributed by atoms with Gasteiger partial charge in [0.25, 0.3) is 0 Å². The van der Waals surface area contributed by atoms with Crippen LogP contribution in [0.5, 0.6) is 0 Å². The van der Waals surface area contributed by atoms with Crippen LogP contribution >= 0.6 is 0 Å². The van der Waals surface area contributed by atoms with E-state index in [0.717, 1.165) is 23.7 Å². The second-order valence-corrected chi connectivity index (χ2v) is 9.74. The predicted octanol–water partition coefficient (Wildman–Crippen LogP) is 3.48. The average Bonchev–Trinajstić information content (AvgIpc) is 2.58. The molecule has 2 nitrogen and oxygen atoms in total. The SMILES string of the molecule is CC(C)(O)C#CC(CCCc1ccccc1)[Se](=O)c1ccccc1. The Bertz CT molecular complexity index is 706. The van der Waals surface area contributed by atoms with E-state index in [4.69, 9.17) is 0 Å². The third-order valence-corrected chi connectivity index (χ3v) is 6.92. The first-order valence-corrected chi connectivity index (χ1v) is 10.7. The maximum atomic E-state index is 12.9. The van der Waals surface area contributed by atoms with E-state index in [-0.39, 0.29) is 4.82 Å². The van der Waals surface area contributed by atoms with E-state index >= 15 is 0 Å². The van der Waals surface area contributed by atoms with Crippen LogP contribution in [0.1, 0.15) is 32.3 Å². The minimum atomic E-state index is -2.27. The summed E-state index contributed by atoms with van der Waals surface area (Å²) >= 11 is -2.27. The van der Waals surface area contributed by atoms with E-state index in [1.54, 1.807) is 13.8 Å². The standard InChI is InChI=1S/C21H24O2Se/c1-21(2,22)17-16-20(24(23)19-13-7-4-8-14-19)15-9-12-18-10-5-3-6-11-18/h3-8,10-11,13-14,20,22H,9,12,15H2,1-2H3. The van der Waals surface area contributed by atoms with Crippen molar-refractivity contribution in [1.29, 1.82) is 0 Å². The molecule has 2 aromatic rings. The molecule has 0 saturated carbocycles. The van der Waals surface area contributed by atoms with Gasteiger partial charge in [-0.15, -0.1) is 0 Å². The van der Waals surface area contributed by atoms with Gasteiger partial charge in [0.15, 0.2) is 0 Å². The second-order valence-electron chi connectivity index (χ2n) is 6.31. The summed E-state index contributed by atoms with van der Waals surface area (Å²) in [5.74, 6) is 5.95. The Morgan fingerprint density at radius 3 is 2.21 bits per heavy atom. The molecule has 0 fully saturated rings. The van der Waals surface area contributed by atoms with E-state index in [1.807, 2.05) is 48.5 Å². The van der Waals surface area contributed by atoms with Crippen molar-refractivity contribution in [2.75, 3.05) is 0 Å². The van der Waals surface area contributed by atoms with Crippen molar-refractivity contribution in [2.24, 2.45) is 0 Å². The Hall–Kier alpha value is -1.72. The molecule has 0 aliphatic heterocycles. The summed E-state index contributed by atoms with van der Waals surface area (Å²) in [6, 6.07) is 19.9. The van der Waals surface area contributed by atoms with Crippen LogP contribution in [0.3, 0.4) is 0 Å². The Morgan fingerprint density at radius 1 is 1.04 bits per heavy atom. The fraction of sp³-hybridized carbons (Fsp3) is 0.333. The topological polar surface area (TPSA) is 37.3 Å². The number of hydrogen-bond acceptors (Lipinski definition) is 2. The molecule has 24 heavy (non-hydrogen) atoms. The quantitative estimate of drug-likeness (QED) is 0.609. The molecule has 2 unspecified atom stereocenters. The van der Waals surface area contributed by atoms with Gasteiger partial charge >= 0.3 is 149 Å². The summed E-state index contributed by atoms with van der Waals surface area (Å²) in [6.45, 7) is 3.31. The van der Waals surface area contributed by atoms with Gasteiger partial charge in [0, 0.05) is 0 Å². The Morgan fingerprint density at radius 2 is 1.62 bits per heavy atom. The van der Waals surface area contributed by atoms with E-state index in [2.05, 4.69) is 24.0 Å². The van der Waals surface area contributed by atoms with Crippen LogP contribution < -0.4 is 4.46 Å². The van der Waals surface area contributed by atoms with Crippen molar-refractivity contribution in [3.63, 3.8) is 0 Å². The molecule has 0 bridgehead atoms. The van der Waals surface area contributed by atoms with Gasteiger partial charge in [-0.05, 0) is 0 Å². The van der Waals surface area contributed by atoms with Crippen molar-refractivity contribution >= 4 is 18.3 Å². The number of benzene rings is 2. The molecule has 0 amide bonds. The van der Waals surface area contributed by atoms with E-state index in [0.29, 0.717) is 0 Å². The van der Waals surface area contributed by atoms with Gasteiger partial charge in [-0.3, -0.25) is 0 Å². The fourth-order valence-corrected chi connectivity index (χ4v) is 5.07. The molecule has 0 aliphatic rings. The van der Waals surface area contributed by atoms with Gasteiger partial charge in [0.05, 0.1) is 0 Å². The first-order valence-electron chi connectivity index (χ1n) is 8.20. The molecule has 0 heterocycles. The number of hydrogen-bond donors (Lipinski definition) is 1. The molecular formula is C21H24O2Se. The van der Waals surface area contributed by atoms with Crippen LogP contribution in [0.4, 0.5) is 0 Å². The van der Waals surface area contributed by atoms with E-state index < -0.39 is 19.4 Å². The van der Waals surface area contributed by atoms with Gasteiger partial charge in [0.2, 0.25) is 0 Å². The van der Waals surface area contributed by atoms with Crippen LogP contribution in [-0.2, 0) is 10.3 Å². The average molecular weight is 387 g/mol. The summed E-state index contributed by atoms with van der Waals surface area (Å²) < 4.78 is 13.8. The molecule has 0 saturated heterocycles. The first-order chi connectivity index (χ1) is 11.5. The number of rotatable bonds is 6. The molecule has 0 aliphatic carbocycles. The van der Waals surface area contributed by atoms with E-state index in [9.17, 15) is 8.94 Å². The van der Waals surface area contributed by atoms with Crippen molar-refractivity contribution in [3.05, 3.63) is 66.2 Å². The third-order valence-electron chi connectivity index (χ3n) is 3.55. The zero-order valence-electron chi connectivity index (χ0n) is 14.2. The molecule has 2 aromatic carbocycles. The van der Waals surface area contributed by atoms with Crippen molar-refractivity contribution in [1.82, 2.24) is 0 Å². The van der Waals surface area contributed by atoms with Gasteiger partial charge in [-0.2, -0.15) is 0 Å². The molecule has 0 aromatic heterocycles. The molecule has 0 radical (unpaired) electrons. The third kappa shape index (κ3) is 6.41. The monoisotopic (exact) mass is 388 g/mol. The summed E-state index contributed by atoms with van der Waals surface area (Å²) in [5.41, 5.74) is 0.231. The van der Waals surface area contributed by atoms with Crippen LogP contribution in [0, 0.1) is 11.8 Å². The van der Waals surface area contributed by atoms with Crippen molar-refractivity contribution in [2.45, 2.75) is 43.5 Å². The predicted molar refractivity (Wildman–Crippen MR) is 99.7 cm³/mol. The van der Waals surface area contributed by atoms with Gasteiger partial charge < -0.3 is 0 Å². The van der Waals surface area contributed by atoms with E-state index in [1.165, 1.54) is 5.56 Å². The van der Waals surface area contributed by atoms with Crippen molar-refractivity contribution in [3.8, 4) is 11.8 Å². The Balaban J connectivity index is 2.07. The van der Waals surface area contributed by atoms with Crippen molar-refractivity contribution < 1.29 is 8.94 Å². The second kappa shape index (κ2) is 8.94. The van der Waals surface area contributed by atoms with Gasteiger partial charge in [0.1, 0.15) is 0 Å². The molecular weight excluding hydrogens is 363 g/mol. The first kappa shape index (κ1) is 18.6. The van der Waals surface area contributed by atoms with Gasteiger partial charge in [-0.1, -0.05) is 0 Å². The zero-order valence-corrected chi connectivity index (χ0v) is 15.9. The Kier molecular flexibility index (Phi) is 6.94. The fourth-order valence-electron chi connectivity index (χ4n) is 2.34. The summed E-state index contributed by atoms with van der Waals surface area (Å²) in [5, 5.41) is 9.86. The maximum absolute atomic E-state index is 12.9. The molecule has 1 N–H and O–H groups in total. The van der Waals surface area contributed by atoms with Crippen LogP contribution in [0.15, 0.2) is 60.7 Å². The van der Waals surface area contributed by atoms with Gasteiger partial charge in [-0.25, -0.2) is 0 Å².